The second-order valence-corrected chi connectivity index (χ2v) is 4.15. The molecular formula is C9H13NO2S. The van der Waals surface area contributed by atoms with Crippen molar-refractivity contribution >= 4 is 24.4 Å². The van der Waals surface area contributed by atoms with Crippen LogP contribution in [0.25, 0.3) is 0 Å². The van der Waals surface area contributed by atoms with Crippen molar-refractivity contribution in [1.82, 2.24) is 4.90 Å². The third-order valence-electron chi connectivity index (χ3n) is 2.75. The number of likely N-dealkylation sites (tertiary alicyclic amines) is 1. The first-order valence-electron chi connectivity index (χ1n) is 4.72. The number of fused-ring (bicyclic) bond motifs is 1. The zero-order valence-corrected chi connectivity index (χ0v) is 8.30. The van der Waals surface area contributed by atoms with E-state index in [1.54, 1.807) is 0 Å². The molecule has 4 heteroatoms. The van der Waals surface area contributed by atoms with Crippen LogP contribution in [0.5, 0.6) is 0 Å². The van der Waals surface area contributed by atoms with Gasteiger partial charge in [0.2, 0.25) is 11.8 Å². The van der Waals surface area contributed by atoms with Crippen molar-refractivity contribution in [2.24, 2.45) is 11.8 Å². The number of unbranched alkanes of at least 4 members (excludes halogenated alkanes) is 1. The van der Waals surface area contributed by atoms with Crippen LogP contribution in [-0.4, -0.2) is 29.0 Å². The third-order valence-corrected chi connectivity index (χ3v) is 3.06. The van der Waals surface area contributed by atoms with Crippen molar-refractivity contribution < 1.29 is 9.59 Å². The number of imide groups is 1. The van der Waals surface area contributed by atoms with E-state index in [4.69, 9.17) is 0 Å². The lowest BCUT2D eigenvalue weighted by Crippen LogP contribution is -2.33. The van der Waals surface area contributed by atoms with Crippen molar-refractivity contribution in [2.75, 3.05) is 12.3 Å². The Bertz CT molecular complexity index is 234. The fraction of sp³-hybridized carbons (Fsp3) is 0.778. The van der Waals surface area contributed by atoms with Gasteiger partial charge in [-0.2, -0.15) is 12.6 Å². The van der Waals surface area contributed by atoms with Crippen molar-refractivity contribution in [3.8, 4) is 0 Å². The lowest BCUT2D eigenvalue weighted by Gasteiger charge is -2.15. The maximum atomic E-state index is 11.4. The number of rotatable bonds is 4. The minimum absolute atomic E-state index is 0.0588. The van der Waals surface area contributed by atoms with Gasteiger partial charge in [0.25, 0.3) is 0 Å². The lowest BCUT2D eigenvalue weighted by atomic mass is 10.3. The summed E-state index contributed by atoms with van der Waals surface area (Å²) in [5.41, 5.74) is 0. The van der Waals surface area contributed by atoms with E-state index in [0.717, 1.165) is 25.0 Å². The monoisotopic (exact) mass is 199 g/mol. The van der Waals surface area contributed by atoms with Crippen LogP contribution in [0, 0.1) is 11.8 Å². The van der Waals surface area contributed by atoms with Crippen molar-refractivity contribution in [3.05, 3.63) is 0 Å². The van der Waals surface area contributed by atoms with E-state index >= 15 is 0 Å². The van der Waals surface area contributed by atoms with Crippen molar-refractivity contribution in [3.63, 3.8) is 0 Å². The molecule has 1 saturated carbocycles. The van der Waals surface area contributed by atoms with Crippen LogP contribution in [-0.2, 0) is 9.59 Å². The summed E-state index contributed by atoms with van der Waals surface area (Å²) >= 11 is 4.08. The number of piperidine rings is 1. The summed E-state index contributed by atoms with van der Waals surface area (Å²) < 4.78 is 0. The van der Waals surface area contributed by atoms with E-state index in [9.17, 15) is 9.59 Å². The second-order valence-electron chi connectivity index (χ2n) is 3.71. The standard InChI is InChI=1S/C9H13NO2S/c11-8-6-5-7(6)9(12)10(8)3-1-2-4-13/h6-7,13H,1-5H2. The predicted molar refractivity (Wildman–Crippen MR) is 51.4 cm³/mol. The fourth-order valence-corrected chi connectivity index (χ4v) is 2.08. The van der Waals surface area contributed by atoms with Gasteiger partial charge in [-0.1, -0.05) is 0 Å². The van der Waals surface area contributed by atoms with Gasteiger partial charge in [0.15, 0.2) is 0 Å². The van der Waals surface area contributed by atoms with E-state index in [2.05, 4.69) is 12.6 Å². The molecule has 0 spiro atoms. The maximum absolute atomic E-state index is 11.4. The van der Waals surface area contributed by atoms with Gasteiger partial charge in [-0.3, -0.25) is 14.5 Å². The van der Waals surface area contributed by atoms with Gasteiger partial charge in [-0.25, -0.2) is 0 Å². The number of thiol groups is 1. The normalized spacial score (nSPS) is 31.0. The molecule has 2 amide bonds. The number of nitrogens with zero attached hydrogens (tertiary/aromatic N) is 1. The molecule has 2 aliphatic rings. The molecule has 1 aliphatic heterocycles. The van der Waals surface area contributed by atoms with E-state index in [1.165, 1.54) is 4.90 Å². The minimum Gasteiger partial charge on any atom is -0.282 e. The van der Waals surface area contributed by atoms with Crippen molar-refractivity contribution in [2.45, 2.75) is 19.3 Å². The molecule has 1 aliphatic carbocycles. The molecule has 0 bridgehead atoms. The summed E-state index contributed by atoms with van der Waals surface area (Å²) in [5, 5.41) is 0. The molecule has 1 saturated heterocycles. The Hall–Kier alpha value is -0.510. The number of carbonyl (C=O) groups excluding carboxylic acids is 2. The van der Waals surface area contributed by atoms with Crippen molar-refractivity contribution in [1.29, 1.82) is 0 Å². The largest absolute Gasteiger partial charge is 0.282 e. The minimum atomic E-state index is 0.0588. The Morgan fingerprint density at radius 3 is 2.38 bits per heavy atom. The zero-order valence-electron chi connectivity index (χ0n) is 7.40. The number of amides is 2. The molecule has 0 N–H and O–H groups in total. The molecule has 0 aromatic rings. The Morgan fingerprint density at radius 1 is 1.23 bits per heavy atom. The number of hydrogen-bond donors (Lipinski definition) is 1. The average Bonchev–Trinajstić information content (AvgIpc) is 2.85. The molecular weight excluding hydrogens is 186 g/mol. The Labute approximate surface area is 82.9 Å². The lowest BCUT2D eigenvalue weighted by molar-refractivity contribution is -0.141. The summed E-state index contributed by atoms with van der Waals surface area (Å²) in [7, 11) is 0. The Morgan fingerprint density at radius 2 is 1.85 bits per heavy atom. The van der Waals surface area contributed by atoms with Gasteiger partial charge >= 0.3 is 0 Å². The van der Waals surface area contributed by atoms with Gasteiger partial charge in [0.1, 0.15) is 0 Å². The highest BCUT2D eigenvalue weighted by atomic mass is 32.1. The highest BCUT2D eigenvalue weighted by molar-refractivity contribution is 7.80. The summed E-state index contributed by atoms with van der Waals surface area (Å²) in [5.74, 6) is 1.07. The highest BCUT2D eigenvalue weighted by Crippen LogP contribution is 2.46. The van der Waals surface area contributed by atoms with E-state index in [-0.39, 0.29) is 23.7 Å². The molecule has 1 heterocycles. The molecule has 2 unspecified atom stereocenters. The predicted octanol–water partition coefficient (Wildman–Crippen LogP) is 0.701. The summed E-state index contributed by atoms with van der Waals surface area (Å²) in [4.78, 5) is 24.3. The molecule has 2 fully saturated rings. The Kier molecular flexibility index (Phi) is 2.32. The second kappa shape index (κ2) is 3.33. The molecule has 2 rings (SSSR count). The first kappa shape index (κ1) is 9.06. The number of carbonyl (C=O) groups is 2. The van der Waals surface area contributed by atoms with Crippen LogP contribution >= 0.6 is 12.6 Å². The smallest absolute Gasteiger partial charge is 0.233 e. The number of hydrogen-bond acceptors (Lipinski definition) is 3. The zero-order chi connectivity index (χ0) is 9.42. The van der Waals surface area contributed by atoms with Gasteiger partial charge in [-0.05, 0) is 25.0 Å². The quantitative estimate of drug-likeness (QED) is 0.411. The van der Waals surface area contributed by atoms with Crippen LogP contribution < -0.4 is 0 Å². The Balaban J connectivity index is 1.86. The third kappa shape index (κ3) is 1.47. The van der Waals surface area contributed by atoms with Gasteiger partial charge < -0.3 is 0 Å². The molecule has 13 heavy (non-hydrogen) atoms. The first-order chi connectivity index (χ1) is 6.25. The van der Waals surface area contributed by atoms with Crippen LogP contribution in [0.4, 0.5) is 0 Å². The van der Waals surface area contributed by atoms with Gasteiger partial charge in [0.05, 0.1) is 11.8 Å². The SMILES string of the molecule is O=C1C2CC2C(=O)N1CCCCS. The van der Waals surface area contributed by atoms with Crippen LogP contribution in [0.2, 0.25) is 0 Å². The molecule has 0 aromatic heterocycles. The summed E-state index contributed by atoms with van der Waals surface area (Å²) in [6.07, 6.45) is 2.66. The fourth-order valence-electron chi connectivity index (χ4n) is 1.85. The first-order valence-corrected chi connectivity index (χ1v) is 5.35. The van der Waals surface area contributed by atoms with E-state index < -0.39 is 0 Å². The highest BCUT2D eigenvalue weighted by Gasteiger charge is 2.58. The van der Waals surface area contributed by atoms with Crippen LogP contribution in [0.15, 0.2) is 0 Å². The average molecular weight is 199 g/mol. The molecule has 3 nitrogen and oxygen atoms in total. The van der Waals surface area contributed by atoms with Crippen LogP contribution in [0.1, 0.15) is 19.3 Å². The van der Waals surface area contributed by atoms with Gasteiger partial charge in [0, 0.05) is 6.54 Å². The van der Waals surface area contributed by atoms with Crippen LogP contribution in [0.3, 0.4) is 0 Å². The van der Waals surface area contributed by atoms with Gasteiger partial charge in [-0.15, -0.1) is 0 Å². The molecule has 0 aromatic carbocycles. The van der Waals surface area contributed by atoms with E-state index in [0.29, 0.717) is 6.54 Å². The summed E-state index contributed by atoms with van der Waals surface area (Å²) in [6.45, 7) is 0.602. The summed E-state index contributed by atoms with van der Waals surface area (Å²) in [6, 6.07) is 0. The molecule has 2 atom stereocenters. The topological polar surface area (TPSA) is 37.4 Å². The molecule has 0 radical (unpaired) electrons. The maximum Gasteiger partial charge on any atom is 0.233 e. The van der Waals surface area contributed by atoms with E-state index in [1.807, 2.05) is 0 Å². The molecule has 72 valence electrons.